The summed E-state index contributed by atoms with van der Waals surface area (Å²) in [4.78, 5) is 22.1. The molecule has 1 atom stereocenters. The van der Waals surface area contributed by atoms with E-state index in [1.54, 1.807) is 6.07 Å². The molecule has 1 aromatic rings. The van der Waals surface area contributed by atoms with Crippen LogP contribution in [0.2, 0.25) is 0 Å². The van der Waals surface area contributed by atoms with Gasteiger partial charge >= 0.3 is 0 Å². The molecule has 1 aliphatic heterocycles. The fourth-order valence-electron chi connectivity index (χ4n) is 2.59. The number of hydrogen-bond donors (Lipinski definition) is 1. The SMILES string of the molecule is CCCNC(=O)c1cc(N(CC)C2CCS(=O)(=O)C2)ncn1. The van der Waals surface area contributed by atoms with E-state index in [0.29, 0.717) is 31.0 Å². The van der Waals surface area contributed by atoms with E-state index in [4.69, 9.17) is 0 Å². The van der Waals surface area contributed by atoms with Gasteiger partial charge in [-0.1, -0.05) is 6.92 Å². The van der Waals surface area contributed by atoms with Crippen molar-refractivity contribution in [3.63, 3.8) is 0 Å². The van der Waals surface area contributed by atoms with Gasteiger partial charge in [-0.05, 0) is 19.8 Å². The largest absolute Gasteiger partial charge is 0.353 e. The first-order valence-corrected chi connectivity index (χ1v) is 9.36. The number of aromatic nitrogens is 2. The van der Waals surface area contributed by atoms with Gasteiger partial charge in [0.25, 0.3) is 5.91 Å². The molecule has 0 saturated carbocycles. The van der Waals surface area contributed by atoms with E-state index in [-0.39, 0.29) is 23.5 Å². The van der Waals surface area contributed by atoms with Crippen molar-refractivity contribution >= 4 is 21.6 Å². The molecule has 1 saturated heterocycles. The third kappa shape index (κ3) is 3.94. The van der Waals surface area contributed by atoms with Gasteiger partial charge in [0.1, 0.15) is 17.8 Å². The fourth-order valence-corrected chi connectivity index (χ4v) is 4.32. The highest BCUT2D eigenvalue weighted by atomic mass is 32.2. The molecule has 0 aliphatic carbocycles. The maximum Gasteiger partial charge on any atom is 0.270 e. The van der Waals surface area contributed by atoms with E-state index < -0.39 is 9.84 Å². The molecule has 1 amide bonds. The van der Waals surface area contributed by atoms with Crippen molar-refractivity contribution in [1.29, 1.82) is 0 Å². The Morgan fingerprint density at radius 1 is 1.41 bits per heavy atom. The number of sulfone groups is 1. The summed E-state index contributed by atoms with van der Waals surface area (Å²) < 4.78 is 23.3. The Labute approximate surface area is 131 Å². The molecule has 2 rings (SSSR count). The van der Waals surface area contributed by atoms with Crippen LogP contribution in [0.3, 0.4) is 0 Å². The monoisotopic (exact) mass is 326 g/mol. The Balaban J connectivity index is 2.18. The van der Waals surface area contributed by atoms with E-state index in [2.05, 4.69) is 15.3 Å². The number of hydrogen-bond acceptors (Lipinski definition) is 6. The van der Waals surface area contributed by atoms with Gasteiger partial charge in [0, 0.05) is 25.2 Å². The third-order valence-corrected chi connectivity index (χ3v) is 5.46. The molecule has 2 heterocycles. The van der Waals surface area contributed by atoms with Crippen LogP contribution in [-0.4, -0.2) is 54.9 Å². The molecule has 1 fully saturated rings. The van der Waals surface area contributed by atoms with Gasteiger partial charge in [-0.15, -0.1) is 0 Å². The number of carbonyl (C=O) groups is 1. The van der Waals surface area contributed by atoms with Crippen LogP contribution < -0.4 is 10.2 Å². The molecule has 7 nitrogen and oxygen atoms in total. The van der Waals surface area contributed by atoms with E-state index in [0.717, 1.165) is 6.42 Å². The van der Waals surface area contributed by atoms with Gasteiger partial charge in [0.2, 0.25) is 0 Å². The summed E-state index contributed by atoms with van der Waals surface area (Å²) in [5.41, 5.74) is 0.303. The minimum Gasteiger partial charge on any atom is -0.353 e. The van der Waals surface area contributed by atoms with Crippen LogP contribution in [0.15, 0.2) is 12.4 Å². The van der Waals surface area contributed by atoms with Crippen molar-refractivity contribution in [2.45, 2.75) is 32.7 Å². The summed E-state index contributed by atoms with van der Waals surface area (Å²) in [6.45, 7) is 5.15. The maximum absolute atomic E-state index is 12.0. The molecule has 1 N–H and O–H groups in total. The number of nitrogens with one attached hydrogen (secondary N) is 1. The molecule has 0 bridgehead atoms. The highest BCUT2D eigenvalue weighted by Crippen LogP contribution is 2.22. The number of amides is 1. The number of carbonyl (C=O) groups excluding carboxylic acids is 1. The first-order valence-electron chi connectivity index (χ1n) is 7.54. The predicted molar refractivity (Wildman–Crippen MR) is 84.7 cm³/mol. The molecule has 1 aliphatic rings. The van der Waals surface area contributed by atoms with Crippen LogP contribution in [0, 0.1) is 0 Å². The van der Waals surface area contributed by atoms with Crippen LogP contribution in [0.5, 0.6) is 0 Å². The van der Waals surface area contributed by atoms with Gasteiger partial charge in [-0.3, -0.25) is 4.79 Å². The lowest BCUT2D eigenvalue weighted by molar-refractivity contribution is 0.0948. The lowest BCUT2D eigenvalue weighted by atomic mass is 10.2. The second kappa shape index (κ2) is 7.04. The Hall–Kier alpha value is -1.70. The van der Waals surface area contributed by atoms with E-state index >= 15 is 0 Å². The van der Waals surface area contributed by atoms with Crippen molar-refractivity contribution in [3.8, 4) is 0 Å². The molecule has 0 radical (unpaired) electrons. The zero-order valence-electron chi connectivity index (χ0n) is 12.9. The highest BCUT2D eigenvalue weighted by Gasteiger charge is 2.32. The van der Waals surface area contributed by atoms with Gasteiger partial charge in [-0.2, -0.15) is 0 Å². The highest BCUT2D eigenvalue weighted by molar-refractivity contribution is 7.91. The third-order valence-electron chi connectivity index (χ3n) is 3.70. The Kier molecular flexibility index (Phi) is 5.33. The number of rotatable bonds is 6. The van der Waals surface area contributed by atoms with Crippen LogP contribution in [0.1, 0.15) is 37.2 Å². The molecule has 22 heavy (non-hydrogen) atoms. The van der Waals surface area contributed by atoms with Crippen molar-refractivity contribution in [2.24, 2.45) is 0 Å². The summed E-state index contributed by atoms with van der Waals surface area (Å²) in [7, 11) is -2.96. The minimum absolute atomic E-state index is 0.0866. The van der Waals surface area contributed by atoms with Crippen LogP contribution >= 0.6 is 0 Å². The average Bonchev–Trinajstić information content (AvgIpc) is 2.86. The summed E-state index contributed by atoms with van der Waals surface area (Å²) in [6, 6.07) is 1.54. The zero-order valence-corrected chi connectivity index (χ0v) is 13.8. The van der Waals surface area contributed by atoms with Crippen LogP contribution in [-0.2, 0) is 9.84 Å². The van der Waals surface area contributed by atoms with Crippen LogP contribution in [0.25, 0.3) is 0 Å². The summed E-state index contributed by atoms with van der Waals surface area (Å²) in [6.07, 6.45) is 2.80. The number of nitrogens with zero attached hydrogens (tertiary/aromatic N) is 3. The number of anilines is 1. The van der Waals surface area contributed by atoms with Gasteiger partial charge in [0.15, 0.2) is 9.84 Å². The lowest BCUT2D eigenvalue weighted by Crippen LogP contribution is -2.37. The Bertz CT molecular complexity index is 633. The van der Waals surface area contributed by atoms with Crippen molar-refractivity contribution in [3.05, 3.63) is 18.1 Å². The standard InChI is InChI=1S/C14H22N4O3S/c1-3-6-15-14(19)12-8-13(17-10-16-12)18(4-2)11-5-7-22(20,21)9-11/h8,10-11H,3-7,9H2,1-2H3,(H,15,19). The predicted octanol–water partition coefficient (Wildman–Crippen LogP) is 0.630. The molecular formula is C14H22N4O3S. The zero-order chi connectivity index (χ0) is 16.2. The molecule has 0 aromatic carbocycles. The van der Waals surface area contributed by atoms with Crippen molar-refractivity contribution in [2.75, 3.05) is 29.5 Å². The minimum atomic E-state index is -2.96. The first-order chi connectivity index (χ1) is 10.5. The molecular weight excluding hydrogens is 304 g/mol. The molecule has 122 valence electrons. The topological polar surface area (TPSA) is 92.3 Å². The van der Waals surface area contributed by atoms with E-state index in [9.17, 15) is 13.2 Å². The molecule has 0 spiro atoms. The second-order valence-electron chi connectivity index (χ2n) is 5.36. The second-order valence-corrected chi connectivity index (χ2v) is 7.59. The Morgan fingerprint density at radius 3 is 2.77 bits per heavy atom. The van der Waals surface area contributed by atoms with Crippen molar-refractivity contribution < 1.29 is 13.2 Å². The maximum atomic E-state index is 12.0. The first kappa shape index (κ1) is 16.7. The normalized spacial score (nSPS) is 19.8. The fraction of sp³-hybridized carbons (Fsp3) is 0.643. The average molecular weight is 326 g/mol. The summed E-state index contributed by atoms with van der Waals surface area (Å²) in [5.74, 6) is 0.715. The summed E-state index contributed by atoms with van der Waals surface area (Å²) >= 11 is 0. The Morgan fingerprint density at radius 2 is 2.18 bits per heavy atom. The van der Waals surface area contributed by atoms with E-state index in [1.807, 2.05) is 18.7 Å². The van der Waals surface area contributed by atoms with Crippen LogP contribution in [0.4, 0.5) is 5.82 Å². The molecule has 1 unspecified atom stereocenters. The quantitative estimate of drug-likeness (QED) is 0.824. The summed E-state index contributed by atoms with van der Waals surface area (Å²) in [5, 5.41) is 2.77. The lowest BCUT2D eigenvalue weighted by Gasteiger charge is -2.27. The smallest absolute Gasteiger partial charge is 0.270 e. The van der Waals surface area contributed by atoms with Gasteiger partial charge < -0.3 is 10.2 Å². The molecule has 1 aromatic heterocycles. The van der Waals surface area contributed by atoms with E-state index in [1.165, 1.54) is 6.33 Å². The van der Waals surface area contributed by atoms with Gasteiger partial charge in [0.05, 0.1) is 11.5 Å². The molecule has 8 heteroatoms. The van der Waals surface area contributed by atoms with Gasteiger partial charge in [-0.25, -0.2) is 18.4 Å². The van der Waals surface area contributed by atoms with Crippen molar-refractivity contribution in [1.82, 2.24) is 15.3 Å².